The molecule has 0 amide bonds. The third kappa shape index (κ3) is 2.13. The van der Waals surface area contributed by atoms with Crippen molar-refractivity contribution in [2.75, 3.05) is 14.2 Å². The summed E-state index contributed by atoms with van der Waals surface area (Å²) >= 11 is 0. The van der Waals surface area contributed by atoms with Gasteiger partial charge in [0.2, 0.25) is 0 Å². The molecule has 0 aliphatic heterocycles. The number of fused-ring (bicyclic) bond motifs is 2. The summed E-state index contributed by atoms with van der Waals surface area (Å²) < 4.78 is 5.31. The van der Waals surface area contributed by atoms with Crippen LogP contribution in [0.3, 0.4) is 0 Å². The predicted octanol–water partition coefficient (Wildman–Crippen LogP) is 4.16. The zero-order chi connectivity index (χ0) is 14.4. The molecule has 0 bridgehead atoms. The minimum absolute atomic E-state index is 0.520. The van der Waals surface area contributed by atoms with Gasteiger partial charge in [-0.3, -0.25) is 0 Å². The summed E-state index contributed by atoms with van der Waals surface area (Å²) in [5.74, 6) is 3.75. The third-order valence-electron chi connectivity index (χ3n) is 5.60. The highest BCUT2D eigenvalue weighted by Crippen LogP contribution is 2.62. The highest BCUT2D eigenvalue weighted by molar-refractivity contribution is 5.84. The number of rotatable bonds is 4. The van der Waals surface area contributed by atoms with Crippen LogP contribution in [0, 0.1) is 17.8 Å². The first-order valence-electron chi connectivity index (χ1n) is 8.07. The molecule has 0 spiro atoms. The molecule has 2 nitrogen and oxygen atoms in total. The molecule has 1 N–H and O–H groups in total. The maximum atomic E-state index is 5.31. The van der Waals surface area contributed by atoms with E-state index in [2.05, 4.69) is 42.7 Å². The lowest BCUT2D eigenvalue weighted by Gasteiger charge is -2.19. The standard InChI is InChI=1S/C19H23NO/c1-20-19(18-16-4-3-5-17(16)18)14-7-6-13-11-15(21-2)9-8-12(13)10-14/h6-11,16-20H,3-5H2,1-2H3. The Morgan fingerprint density at radius 1 is 1.05 bits per heavy atom. The van der Waals surface area contributed by atoms with Gasteiger partial charge in [0.1, 0.15) is 5.75 Å². The van der Waals surface area contributed by atoms with E-state index in [4.69, 9.17) is 4.74 Å². The number of ether oxygens (including phenoxy) is 1. The van der Waals surface area contributed by atoms with Crippen molar-refractivity contribution in [3.63, 3.8) is 0 Å². The van der Waals surface area contributed by atoms with E-state index in [1.165, 1.54) is 35.6 Å². The van der Waals surface area contributed by atoms with Gasteiger partial charge in [-0.2, -0.15) is 0 Å². The van der Waals surface area contributed by atoms with Crippen LogP contribution < -0.4 is 10.1 Å². The van der Waals surface area contributed by atoms with E-state index in [9.17, 15) is 0 Å². The molecule has 2 heteroatoms. The first-order valence-corrected chi connectivity index (χ1v) is 8.07. The summed E-state index contributed by atoms with van der Waals surface area (Å²) in [4.78, 5) is 0. The van der Waals surface area contributed by atoms with Crippen molar-refractivity contribution < 1.29 is 4.74 Å². The second-order valence-corrected chi connectivity index (χ2v) is 6.57. The lowest BCUT2D eigenvalue weighted by molar-refractivity contribution is 0.415. The monoisotopic (exact) mass is 281 g/mol. The normalized spacial score (nSPS) is 28.4. The van der Waals surface area contributed by atoms with Crippen molar-refractivity contribution in [3.8, 4) is 5.75 Å². The Morgan fingerprint density at radius 2 is 1.76 bits per heavy atom. The summed E-state index contributed by atoms with van der Waals surface area (Å²) in [6.07, 6.45) is 4.33. The van der Waals surface area contributed by atoms with Crippen LogP contribution >= 0.6 is 0 Å². The van der Waals surface area contributed by atoms with Crippen molar-refractivity contribution in [2.24, 2.45) is 17.8 Å². The molecule has 2 aliphatic rings. The second-order valence-electron chi connectivity index (χ2n) is 6.57. The van der Waals surface area contributed by atoms with Gasteiger partial charge in [-0.25, -0.2) is 0 Å². The number of benzene rings is 2. The van der Waals surface area contributed by atoms with Gasteiger partial charge < -0.3 is 10.1 Å². The van der Waals surface area contributed by atoms with Crippen molar-refractivity contribution in [1.29, 1.82) is 0 Å². The molecule has 2 aromatic carbocycles. The van der Waals surface area contributed by atoms with Crippen LogP contribution in [0.25, 0.3) is 10.8 Å². The topological polar surface area (TPSA) is 21.3 Å². The molecule has 3 atom stereocenters. The summed E-state index contributed by atoms with van der Waals surface area (Å²) in [6, 6.07) is 13.7. The Balaban J connectivity index is 1.66. The Labute approximate surface area is 126 Å². The SMILES string of the molecule is CNC(c1ccc2cc(OC)ccc2c1)C1C2CCCC21. The van der Waals surface area contributed by atoms with Gasteiger partial charge in [-0.15, -0.1) is 0 Å². The molecular weight excluding hydrogens is 258 g/mol. The van der Waals surface area contributed by atoms with Crippen LogP contribution in [-0.4, -0.2) is 14.2 Å². The van der Waals surface area contributed by atoms with Crippen molar-refractivity contribution in [2.45, 2.75) is 25.3 Å². The molecule has 110 valence electrons. The first-order chi connectivity index (χ1) is 10.3. The van der Waals surface area contributed by atoms with Gasteiger partial charge in [-0.05, 0) is 72.2 Å². The summed E-state index contributed by atoms with van der Waals surface area (Å²) in [7, 11) is 3.83. The van der Waals surface area contributed by atoms with Crippen LogP contribution in [0.1, 0.15) is 30.9 Å². The van der Waals surface area contributed by atoms with Gasteiger partial charge in [0.05, 0.1) is 7.11 Å². The zero-order valence-electron chi connectivity index (χ0n) is 12.8. The van der Waals surface area contributed by atoms with Gasteiger partial charge in [0.25, 0.3) is 0 Å². The smallest absolute Gasteiger partial charge is 0.119 e. The van der Waals surface area contributed by atoms with Crippen LogP contribution in [0.5, 0.6) is 5.75 Å². The van der Waals surface area contributed by atoms with E-state index in [1.54, 1.807) is 7.11 Å². The van der Waals surface area contributed by atoms with Crippen LogP contribution in [0.4, 0.5) is 0 Å². The maximum absolute atomic E-state index is 5.31. The van der Waals surface area contributed by atoms with E-state index in [0.29, 0.717) is 6.04 Å². The molecule has 2 saturated carbocycles. The van der Waals surface area contributed by atoms with Gasteiger partial charge >= 0.3 is 0 Å². The van der Waals surface area contributed by atoms with E-state index in [0.717, 1.165) is 23.5 Å². The number of hydrogen-bond acceptors (Lipinski definition) is 2. The Bertz CT molecular complexity index is 656. The van der Waals surface area contributed by atoms with Crippen LogP contribution in [0.2, 0.25) is 0 Å². The molecule has 3 unspecified atom stereocenters. The van der Waals surface area contributed by atoms with E-state index in [-0.39, 0.29) is 0 Å². The van der Waals surface area contributed by atoms with Gasteiger partial charge in [0, 0.05) is 6.04 Å². The molecule has 2 aliphatic carbocycles. The molecule has 0 aromatic heterocycles. The number of methoxy groups -OCH3 is 1. The van der Waals surface area contributed by atoms with Crippen LogP contribution in [-0.2, 0) is 0 Å². The average Bonchev–Trinajstić information content (AvgIpc) is 2.98. The second kappa shape index (κ2) is 5.03. The molecule has 4 rings (SSSR count). The molecule has 2 aromatic rings. The minimum Gasteiger partial charge on any atom is -0.497 e. The van der Waals surface area contributed by atoms with Crippen LogP contribution in [0.15, 0.2) is 36.4 Å². The quantitative estimate of drug-likeness (QED) is 0.908. The molecular formula is C19H23NO. The van der Waals surface area contributed by atoms with Crippen molar-refractivity contribution >= 4 is 10.8 Å². The fraction of sp³-hybridized carbons (Fsp3) is 0.474. The van der Waals surface area contributed by atoms with Crippen molar-refractivity contribution in [1.82, 2.24) is 5.32 Å². The molecule has 2 fully saturated rings. The highest BCUT2D eigenvalue weighted by atomic mass is 16.5. The Kier molecular flexibility index (Phi) is 3.15. The largest absolute Gasteiger partial charge is 0.497 e. The lowest BCUT2D eigenvalue weighted by atomic mass is 9.95. The average molecular weight is 281 g/mol. The molecule has 21 heavy (non-hydrogen) atoms. The van der Waals surface area contributed by atoms with Gasteiger partial charge in [0.15, 0.2) is 0 Å². The molecule has 0 radical (unpaired) electrons. The Morgan fingerprint density at radius 3 is 2.48 bits per heavy atom. The molecule has 0 heterocycles. The van der Waals surface area contributed by atoms with E-state index < -0.39 is 0 Å². The number of hydrogen-bond donors (Lipinski definition) is 1. The van der Waals surface area contributed by atoms with Gasteiger partial charge in [-0.1, -0.05) is 24.6 Å². The van der Waals surface area contributed by atoms with E-state index >= 15 is 0 Å². The molecule has 0 saturated heterocycles. The fourth-order valence-corrected chi connectivity index (χ4v) is 4.52. The summed E-state index contributed by atoms with van der Waals surface area (Å²) in [6.45, 7) is 0. The zero-order valence-corrected chi connectivity index (χ0v) is 12.8. The van der Waals surface area contributed by atoms with Crippen molar-refractivity contribution in [3.05, 3.63) is 42.0 Å². The highest BCUT2D eigenvalue weighted by Gasteiger charge is 2.55. The fourth-order valence-electron chi connectivity index (χ4n) is 4.52. The summed E-state index contributed by atoms with van der Waals surface area (Å²) in [5, 5.41) is 6.13. The summed E-state index contributed by atoms with van der Waals surface area (Å²) in [5.41, 5.74) is 1.44. The van der Waals surface area contributed by atoms with E-state index in [1.807, 2.05) is 6.07 Å². The first kappa shape index (κ1) is 13.1. The maximum Gasteiger partial charge on any atom is 0.119 e. The minimum atomic E-state index is 0.520. The third-order valence-corrected chi connectivity index (χ3v) is 5.60. The Hall–Kier alpha value is -1.54. The lowest BCUT2D eigenvalue weighted by Crippen LogP contribution is -2.20. The number of nitrogens with one attached hydrogen (secondary N) is 1. The predicted molar refractivity (Wildman–Crippen MR) is 86.6 cm³/mol.